The monoisotopic (exact) mass is 442 g/mol. The van der Waals surface area contributed by atoms with Crippen LogP contribution in [-0.2, 0) is 22.6 Å². The van der Waals surface area contributed by atoms with Crippen molar-refractivity contribution in [3.05, 3.63) is 52.0 Å². The predicted molar refractivity (Wildman–Crippen MR) is 120 cm³/mol. The van der Waals surface area contributed by atoms with Gasteiger partial charge in [-0.25, -0.2) is 9.78 Å². The average Bonchev–Trinajstić information content (AvgIpc) is 3.19. The lowest BCUT2D eigenvalue weighted by atomic mass is 10.0. The highest BCUT2D eigenvalue weighted by atomic mass is 32.1. The number of benzene rings is 1. The highest BCUT2D eigenvalue weighted by molar-refractivity contribution is 7.10. The number of nitriles is 1. The van der Waals surface area contributed by atoms with E-state index >= 15 is 0 Å². The van der Waals surface area contributed by atoms with Crippen LogP contribution in [0.4, 0.5) is 4.79 Å². The number of alkyl carbamates (subject to hydrolysis) is 1. The van der Waals surface area contributed by atoms with E-state index in [2.05, 4.69) is 22.5 Å². The molecule has 1 heterocycles. The normalized spacial score (nSPS) is 12.6. The van der Waals surface area contributed by atoms with Gasteiger partial charge in [-0.05, 0) is 36.7 Å². The van der Waals surface area contributed by atoms with Crippen molar-refractivity contribution >= 4 is 23.3 Å². The number of nitrogens with one attached hydrogen (secondary N) is 2. The first-order chi connectivity index (χ1) is 14.9. The Bertz CT molecular complexity index is 876. The highest BCUT2D eigenvalue weighted by Crippen LogP contribution is 2.15. The first kappa shape index (κ1) is 24.4. The fraction of sp³-hybridized carbons (Fsp3) is 0.478. The van der Waals surface area contributed by atoms with Crippen LogP contribution in [0.3, 0.4) is 0 Å². The number of ether oxygens (including phenoxy) is 1. The molecular formula is C23H30N4O3S. The number of carbonyl (C=O) groups excluding carboxylic acids is 2. The van der Waals surface area contributed by atoms with Gasteiger partial charge in [-0.3, -0.25) is 4.79 Å². The van der Waals surface area contributed by atoms with E-state index in [-0.39, 0.29) is 18.4 Å². The van der Waals surface area contributed by atoms with Crippen LogP contribution in [-0.4, -0.2) is 29.6 Å². The smallest absolute Gasteiger partial charge is 0.408 e. The zero-order valence-electron chi connectivity index (χ0n) is 18.3. The van der Waals surface area contributed by atoms with Crippen molar-refractivity contribution in [1.82, 2.24) is 15.6 Å². The first-order valence-electron chi connectivity index (χ1n) is 10.5. The van der Waals surface area contributed by atoms with Crippen LogP contribution >= 0.6 is 11.3 Å². The van der Waals surface area contributed by atoms with Gasteiger partial charge < -0.3 is 15.4 Å². The minimum atomic E-state index is -0.643. The predicted octanol–water partition coefficient (Wildman–Crippen LogP) is 4.04. The van der Waals surface area contributed by atoms with Gasteiger partial charge in [-0.2, -0.15) is 5.26 Å². The van der Waals surface area contributed by atoms with E-state index in [0.717, 1.165) is 24.1 Å². The summed E-state index contributed by atoms with van der Waals surface area (Å²) in [5, 5.41) is 16.9. The van der Waals surface area contributed by atoms with Crippen LogP contribution in [0.15, 0.2) is 35.7 Å². The van der Waals surface area contributed by atoms with E-state index in [1.165, 1.54) is 11.3 Å². The zero-order chi connectivity index (χ0) is 22.6. The Morgan fingerprint density at radius 3 is 2.61 bits per heavy atom. The third-order valence-corrected chi connectivity index (χ3v) is 5.47. The summed E-state index contributed by atoms with van der Waals surface area (Å²) in [7, 11) is 0. The van der Waals surface area contributed by atoms with Gasteiger partial charge in [0.05, 0.1) is 5.69 Å². The van der Waals surface area contributed by atoms with Crippen molar-refractivity contribution in [2.24, 2.45) is 11.8 Å². The fourth-order valence-corrected chi connectivity index (χ4v) is 3.71. The summed E-state index contributed by atoms with van der Waals surface area (Å²) in [5.41, 5.74) is 1.79. The molecule has 8 heteroatoms. The molecule has 1 unspecified atom stereocenters. The lowest BCUT2D eigenvalue weighted by molar-refractivity contribution is -0.123. The van der Waals surface area contributed by atoms with Gasteiger partial charge in [0.15, 0.2) is 5.01 Å². The maximum atomic E-state index is 12.6. The molecule has 2 rings (SSSR count). The highest BCUT2D eigenvalue weighted by Gasteiger charge is 2.22. The van der Waals surface area contributed by atoms with Crippen molar-refractivity contribution in [1.29, 1.82) is 5.26 Å². The molecule has 0 spiro atoms. The molecule has 166 valence electrons. The second kappa shape index (κ2) is 12.7. The molecule has 7 nitrogen and oxygen atoms in total. The van der Waals surface area contributed by atoms with E-state index < -0.39 is 12.1 Å². The third kappa shape index (κ3) is 9.18. The van der Waals surface area contributed by atoms with E-state index in [4.69, 9.17) is 10.00 Å². The molecule has 0 radical (unpaired) electrons. The quantitative estimate of drug-likeness (QED) is 0.546. The number of hydrogen-bond acceptors (Lipinski definition) is 6. The summed E-state index contributed by atoms with van der Waals surface area (Å²) in [6.45, 7) is 6.75. The van der Waals surface area contributed by atoms with Crippen LogP contribution in [0, 0.1) is 23.2 Å². The van der Waals surface area contributed by atoms with Gasteiger partial charge in [0.2, 0.25) is 5.91 Å². The molecular weight excluding hydrogens is 412 g/mol. The maximum absolute atomic E-state index is 12.6. The number of rotatable bonds is 11. The van der Waals surface area contributed by atoms with Gasteiger partial charge in [-0.15, -0.1) is 11.3 Å². The number of carbonyl (C=O) groups is 2. The van der Waals surface area contributed by atoms with E-state index in [0.29, 0.717) is 23.9 Å². The summed E-state index contributed by atoms with van der Waals surface area (Å²) in [4.78, 5) is 29.1. The first-order valence-corrected chi connectivity index (χ1v) is 11.3. The molecule has 2 N–H and O–H groups in total. The Balaban J connectivity index is 1.77. The van der Waals surface area contributed by atoms with Crippen LogP contribution in [0.5, 0.6) is 0 Å². The molecule has 2 amide bonds. The minimum Gasteiger partial charge on any atom is -0.445 e. The number of amides is 2. The van der Waals surface area contributed by atoms with Crippen molar-refractivity contribution in [2.75, 3.05) is 6.54 Å². The van der Waals surface area contributed by atoms with Gasteiger partial charge in [0, 0.05) is 11.9 Å². The summed E-state index contributed by atoms with van der Waals surface area (Å²) in [6, 6.07) is 10.8. The zero-order valence-corrected chi connectivity index (χ0v) is 19.1. The molecule has 2 atom stereocenters. The maximum Gasteiger partial charge on any atom is 0.408 e. The van der Waals surface area contributed by atoms with Crippen LogP contribution in [0.1, 0.15) is 49.9 Å². The van der Waals surface area contributed by atoms with E-state index in [9.17, 15) is 9.59 Å². The van der Waals surface area contributed by atoms with Crippen molar-refractivity contribution < 1.29 is 14.3 Å². The number of thiazole rings is 1. The number of aromatic nitrogens is 1. The summed E-state index contributed by atoms with van der Waals surface area (Å²) >= 11 is 1.34. The summed E-state index contributed by atoms with van der Waals surface area (Å²) < 4.78 is 5.25. The van der Waals surface area contributed by atoms with Gasteiger partial charge in [-0.1, -0.05) is 51.1 Å². The van der Waals surface area contributed by atoms with Crippen molar-refractivity contribution in [3.63, 3.8) is 0 Å². The minimum absolute atomic E-state index is 0.157. The van der Waals surface area contributed by atoms with Gasteiger partial charge in [0.25, 0.3) is 0 Å². The molecule has 1 aromatic heterocycles. The largest absolute Gasteiger partial charge is 0.445 e. The lowest BCUT2D eigenvalue weighted by Gasteiger charge is -2.20. The molecule has 0 bridgehead atoms. The average molecular weight is 443 g/mol. The Hall–Kier alpha value is -2.92. The fourth-order valence-electron chi connectivity index (χ4n) is 3.09. The molecule has 2 aromatic rings. The Morgan fingerprint density at radius 2 is 1.97 bits per heavy atom. The summed E-state index contributed by atoms with van der Waals surface area (Å²) in [6.07, 6.45) is 1.46. The molecule has 0 saturated carbocycles. The van der Waals surface area contributed by atoms with Crippen LogP contribution in [0.2, 0.25) is 0 Å². The van der Waals surface area contributed by atoms with Gasteiger partial charge in [0.1, 0.15) is 18.7 Å². The molecule has 0 aliphatic rings. The van der Waals surface area contributed by atoms with Crippen LogP contribution < -0.4 is 10.6 Å². The lowest BCUT2D eigenvalue weighted by Crippen LogP contribution is -2.47. The molecule has 0 fully saturated rings. The molecule has 31 heavy (non-hydrogen) atoms. The number of nitrogens with zero attached hydrogens (tertiary/aromatic N) is 2. The van der Waals surface area contributed by atoms with Gasteiger partial charge >= 0.3 is 6.09 Å². The molecule has 0 aliphatic heterocycles. The second-order valence-corrected chi connectivity index (χ2v) is 8.89. The van der Waals surface area contributed by atoms with Crippen molar-refractivity contribution in [3.8, 4) is 6.07 Å². The Kier molecular flexibility index (Phi) is 9.98. The second-order valence-electron chi connectivity index (χ2n) is 8.03. The topological polar surface area (TPSA) is 104 Å². The summed E-state index contributed by atoms with van der Waals surface area (Å²) in [5.74, 6) is 0.336. The Labute approximate surface area is 187 Å². The standard InChI is InChI=1S/C23H30N4O3S/c1-16(2)11-20(27-23(29)30-14-18-7-5-4-6-8-18)22(28)25-10-9-17(3)12-19-15-31-21(13-24)26-19/h4-8,15-17,20H,9-12,14H2,1-3H3,(H,25,28)(H,27,29)/t17?,20-/m0/s1. The molecule has 0 saturated heterocycles. The van der Waals surface area contributed by atoms with Crippen molar-refractivity contribution in [2.45, 2.75) is 52.7 Å². The van der Waals surface area contributed by atoms with E-state index in [1.54, 1.807) is 0 Å². The SMILES string of the molecule is CC(C)C[C@H](NC(=O)OCc1ccccc1)C(=O)NCCC(C)Cc1csc(C#N)n1. The Morgan fingerprint density at radius 1 is 1.23 bits per heavy atom. The molecule has 1 aromatic carbocycles. The van der Waals surface area contributed by atoms with E-state index in [1.807, 2.05) is 55.6 Å². The number of hydrogen-bond donors (Lipinski definition) is 2. The molecule has 0 aliphatic carbocycles. The van der Waals surface area contributed by atoms with Crippen LogP contribution in [0.25, 0.3) is 0 Å². The third-order valence-electron chi connectivity index (χ3n) is 4.67.